The van der Waals surface area contributed by atoms with Crippen molar-refractivity contribution in [2.45, 2.75) is 6.92 Å². The molecule has 0 aliphatic heterocycles. The van der Waals surface area contributed by atoms with Crippen LogP contribution in [-0.2, 0) is 0 Å². The Morgan fingerprint density at radius 3 is 2.65 bits per heavy atom. The predicted octanol–water partition coefficient (Wildman–Crippen LogP) is 5.24. The van der Waals surface area contributed by atoms with Gasteiger partial charge in [0.2, 0.25) is 0 Å². The molecule has 0 saturated heterocycles. The van der Waals surface area contributed by atoms with E-state index in [4.69, 9.17) is 20.4 Å². The first-order valence-electron chi connectivity index (χ1n) is 7.09. The molecule has 0 radical (unpaired) electrons. The molecule has 0 aliphatic rings. The molecule has 0 unspecified atom stereocenters. The van der Waals surface area contributed by atoms with Crippen LogP contribution in [0.25, 0.3) is 21.9 Å². The zero-order valence-electron chi connectivity index (χ0n) is 12.2. The maximum absolute atomic E-state index is 11.7. The fourth-order valence-corrected chi connectivity index (χ4v) is 2.81. The van der Waals surface area contributed by atoms with Gasteiger partial charge in [0.25, 0.3) is 0 Å². The second-order valence-corrected chi connectivity index (χ2v) is 5.78. The van der Waals surface area contributed by atoms with E-state index in [-0.39, 0.29) is 5.63 Å². The SMILES string of the molecule is Cc1cc(=O)oc2c1ccc1occ(Nc3ccc(Cl)cc3)c12. The monoisotopic (exact) mass is 325 g/mol. The van der Waals surface area contributed by atoms with E-state index in [1.54, 1.807) is 18.4 Å². The highest BCUT2D eigenvalue weighted by molar-refractivity contribution is 6.30. The predicted molar refractivity (Wildman–Crippen MR) is 91.7 cm³/mol. The van der Waals surface area contributed by atoms with Crippen LogP contribution >= 0.6 is 11.6 Å². The Kier molecular flexibility index (Phi) is 3.13. The summed E-state index contributed by atoms with van der Waals surface area (Å²) in [6, 6.07) is 12.6. The molecule has 4 rings (SSSR count). The number of fused-ring (bicyclic) bond motifs is 3. The van der Waals surface area contributed by atoms with E-state index in [2.05, 4.69) is 5.32 Å². The number of furan rings is 1. The van der Waals surface area contributed by atoms with Gasteiger partial charge >= 0.3 is 5.63 Å². The van der Waals surface area contributed by atoms with Crippen LogP contribution in [0, 0.1) is 6.92 Å². The molecule has 23 heavy (non-hydrogen) atoms. The van der Waals surface area contributed by atoms with Crippen LogP contribution in [0.5, 0.6) is 0 Å². The van der Waals surface area contributed by atoms with Gasteiger partial charge in [-0.25, -0.2) is 4.79 Å². The molecule has 0 atom stereocenters. The molecule has 2 aromatic heterocycles. The first kappa shape index (κ1) is 13.9. The average Bonchev–Trinajstić information content (AvgIpc) is 2.93. The van der Waals surface area contributed by atoms with Crippen molar-refractivity contribution in [2.75, 3.05) is 5.32 Å². The molecule has 4 nitrogen and oxygen atoms in total. The van der Waals surface area contributed by atoms with E-state index < -0.39 is 0 Å². The Hall–Kier alpha value is -2.72. The smallest absolute Gasteiger partial charge is 0.336 e. The molecule has 0 spiro atoms. The van der Waals surface area contributed by atoms with Gasteiger partial charge in [-0.05, 0) is 48.9 Å². The minimum atomic E-state index is -0.374. The lowest BCUT2D eigenvalue weighted by atomic mass is 10.1. The van der Waals surface area contributed by atoms with Crippen molar-refractivity contribution in [1.82, 2.24) is 0 Å². The normalized spacial score (nSPS) is 11.2. The van der Waals surface area contributed by atoms with Crippen LogP contribution in [0.15, 0.2) is 62.4 Å². The number of nitrogens with one attached hydrogen (secondary N) is 1. The van der Waals surface area contributed by atoms with Crippen molar-refractivity contribution in [3.8, 4) is 0 Å². The molecule has 0 saturated carbocycles. The summed E-state index contributed by atoms with van der Waals surface area (Å²) < 4.78 is 11.0. The van der Waals surface area contributed by atoms with Gasteiger partial charge < -0.3 is 14.2 Å². The topological polar surface area (TPSA) is 55.4 Å². The summed E-state index contributed by atoms with van der Waals surface area (Å²) in [5.41, 5.74) is 3.28. The lowest BCUT2D eigenvalue weighted by molar-refractivity contribution is 0.562. The summed E-state index contributed by atoms with van der Waals surface area (Å²) in [4.78, 5) is 11.7. The third-order valence-electron chi connectivity index (χ3n) is 3.78. The minimum absolute atomic E-state index is 0.374. The lowest BCUT2D eigenvalue weighted by Crippen LogP contribution is -1.98. The molecule has 4 aromatic rings. The van der Waals surface area contributed by atoms with Gasteiger partial charge in [-0.2, -0.15) is 0 Å². The second kappa shape index (κ2) is 5.18. The highest BCUT2D eigenvalue weighted by atomic mass is 35.5. The Morgan fingerprint density at radius 1 is 1.09 bits per heavy atom. The van der Waals surface area contributed by atoms with Crippen molar-refractivity contribution in [3.05, 3.63) is 69.7 Å². The molecular formula is C18H12ClNO3. The fourth-order valence-electron chi connectivity index (χ4n) is 2.68. The van der Waals surface area contributed by atoms with E-state index in [9.17, 15) is 4.79 Å². The van der Waals surface area contributed by atoms with Gasteiger partial charge in [-0.15, -0.1) is 0 Å². The standard InChI is InChI=1S/C18H12ClNO3/c1-10-8-16(21)23-18-13(10)6-7-15-17(18)14(9-22-15)20-12-4-2-11(19)3-5-12/h2-9,20H,1H3. The Labute approximate surface area is 136 Å². The maximum Gasteiger partial charge on any atom is 0.336 e. The molecule has 0 aliphatic carbocycles. The molecule has 2 heterocycles. The molecule has 114 valence electrons. The summed E-state index contributed by atoms with van der Waals surface area (Å²) in [6.07, 6.45) is 1.61. The number of aryl methyl sites for hydroxylation is 1. The summed E-state index contributed by atoms with van der Waals surface area (Å²) in [6.45, 7) is 1.89. The van der Waals surface area contributed by atoms with Gasteiger partial charge in [-0.3, -0.25) is 0 Å². The highest BCUT2D eigenvalue weighted by Gasteiger charge is 2.14. The third-order valence-corrected chi connectivity index (χ3v) is 4.03. The van der Waals surface area contributed by atoms with Crippen LogP contribution in [0.2, 0.25) is 5.02 Å². The molecule has 2 aromatic carbocycles. The van der Waals surface area contributed by atoms with Crippen LogP contribution in [0.3, 0.4) is 0 Å². The first-order valence-corrected chi connectivity index (χ1v) is 7.47. The number of rotatable bonds is 2. The molecule has 1 N–H and O–H groups in total. The first-order chi connectivity index (χ1) is 11.1. The largest absolute Gasteiger partial charge is 0.462 e. The number of anilines is 2. The molecular weight excluding hydrogens is 314 g/mol. The molecule has 5 heteroatoms. The molecule has 0 fully saturated rings. The van der Waals surface area contributed by atoms with E-state index in [0.717, 1.165) is 27.7 Å². The van der Waals surface area contributed by atoms with Crippen LogP contribution in [0.1, 0.15) is 5.56 Å². The Morgan fingerprint density at radius 2 is 1.87 bits per heavy atom. The van der Waals surface area contributed by atoms with E-state index in [1.165, 1.54) is 6.07 Å². The van der Waals surface area contributed by atoms with Gasteiger partial charge in [0, 0.05) is 22.2 Å². The van der Waals surface area contributed by atoms with E-state index in [0.29, 0.717) is 16.2 Å². The van der Waals surface area contributed by atoms with Gasteiger partial charge in [-0.1, -0.05) is 11.6 Å². The van der Waals surface area contributed by atoms with Gasteiger partial charge in [0.05, 0.1) is 11.1 Å². The minimum Gasteiger partial charge on any atom is -0.462 e. The summed E-state index contributed by atoms with van der Waals surface area (Å²) >= 11 is 5.91. The van der Waals surface area contributed by atoms with Crippen molar-refractivity contribution in [2.24, 2.45) is 0 Å². The van der Waals surface area contributed by atoms with Crippen LogP contribution in [-0.4, -0.2) is 0 Å². The second-order valence-electron chi connectivity index (χ2n) is 5.35. The zero-order chi connectivity index (χ0) is 16.0. The lowest BCUT2D eigenvalue weighted by Gasteiger charge is -2.06. The summed E-state index contributed by atoms with van der Waals surface area (Å²) in [7, 11) is 0. The average molecular weight is 326 g/mol. The molecule has 0 bridgehead atoms. The summed E-state index contributed by atoms with van der Waals surface area (Å²) in [5.74, 6) is 0. The van der Waals surface area contributed by atoms with E-state index >= 15 is 0 Å². The molecule has 0 amide bonds. The fraction of sp³-hybridized carbons (Fsp3) is 0.0556. The highest BCUT2D eigenvalue weighted by Crippen LogP contribution is 2.35. The Bertz CT molecular complexity index is 1080. The number of hydrogen-bond donors (Lipinski definition) is 1. The van der Waals surface area contributed by atoms with Crippen molar-refractivity contribution < 1.29 is 8.83 Å². The number of hydrogen-bond acceptors (Lipinski definition) is 4. The number of benzene rings is 2. The van der Waals surface area contributed by atoms with Crippen molar-refractivity contribution in [1.29, 1.82) is 0 Å². The third kappa shape index (κ3) is 2.37. The Balaban J connectivity index is 1.95. The summed E-state index contributed by atoms with van der Waals surface area (Å²) in [5, 5.41) is 5.57. The quantitative estimate of drug-likeness (QED) is 0.512. The van der Waals surface area contributed by atoms with Crippen LogP contribution < -0.4 is 10.9 Å². The van der Waals surface area contributed by atoms with Gasteiger partial charge in [0.15, 0.2) is 5.58 Å². The number of halogens is 1. The van der Waals surface area contributed by atoms with Crippen molar-refractivity contribution >= 4 is 44.9 Å². The zero-order valence-corrected chi connectivity index (χ0v) is 13.0. The van der Waals surface area contributed by atoms with Crippen molar-refractivity contribution in [3.63, 3.8) is 0 Å². The van der Waals surface area contributed by atoms with Gasteiger partial charge in [0.1, 0.15) is 11.8 Å². The van der Waals surface area contributed by atoms with Crippen LogP contribution in [0.4, 0.5) is 11.4 Å². The maximum atomic E-state index is 11.7. The van der Waals surface area contributed by atoms with E-state index in [1.807, 2.05) is 31.2 Å².